The lowest BCUT2D eigenvalue weighted by atomic mass is 9.96. The minimum absolute atomic E-state index is 0.121. The highest BCUT2D eigenvalue weighted by Crippen LogP contribution is 2.22. The van der Waals surface area contributed by atoms with Crippen LogP contribution in [-0.4, -0.2) is 54.4 Å². The van der Waals surface area contributed by atoms with Crippen molar-refractivity contribution in [2.75, 3.05) is 13.7 Å². The van der Waals surface area contributed by atoms with E-state index in [2.05, 4.69) is 5.32 Å². The quantitative estimate of drug-likeness (QED) is 0.481. The molecular weight excluding hydrogens is 424 g/mol. The van der Waals surface area contributed by atoms with Crippen molar-refractivity contribution in [1.29, 1.82) is 0 Å². The van der Waals surface area contributed by atoms with Gasteiger partial charge in [0.1, 0.15) is 18.7 Å². The van der Waals surface area contributed by atoms with Crippen LogP contribution in [0.3, 0.4) is 0 Å². The van der Waals surface area contributed by atoms with Crippen molar-refractivity contribution in [2.45, 2.75) is 77.5 Å². The molecule has 1 aromatic rings. The lowest BCUT2D eigenvalue weighted by molar-refractivity contribution is -0.156. The molecule has 0 aliphatic carbocycles. The minimum atomic E-state index is -1.08. The van der Waals surface area contributed by atoms with E-state index in [1.54, 1.807) is 0 Å². The first-order valence-corrected chi connectivity index (χ1v) is 11.8. The Kier molecular flexibility index (Phi) is 10.9. The van der Waals surface area contributed by atoms with E-state index in [1.165, 1.54) is 12.0 Å². The summed E-state index contributed by atoms with van der Waals surface area (Å²) in [4.78, 5) is 52.4. The molecule has 1 heterocycles. The molecule has 182 valence electrons. The fraction of sp³-hybridized carbons (Fsp3) is 0.600. The van der Waals surface area contributed by atoms with Crippen LogP contribution in [0, 0.1) is 5.92 Å². The summed E-state index contributed by atoms with van der Waals surface area (Å²) in [5.74, 6) is -2.01. The van der Waals surface area contributed by atoms with Crippen LogP contribution in [0.25, 0.3) is 0 Å². The summed E-state index contributed by atoms with van der Waals surface area (Å²) in [5, 5.41) is 2.76. The van der Waals surface area contributed by atoms with Gasteiger partial charge in [-0.25, -0.2) is 4.79 Å². The zero-order valence-electron chi connectivity index (χ0n) is 19.9. The van der Waals surface area contributed by atoms with E-state index in [4.69, 9.17) is 9.47 Å². The molecule has 0 aromatic heterocycles. The molecule has 0 saturated carbocycles. The summed E-state index contributed by atoms with van der Waals surface area (Å²) < 4.78 is 10.2. The van der Waals surface area contributed by atoms with Gasteiger partial charge in [-0.15, -0.1) is 0 Å². The van der Waals surface area contributed by atoms with Crippen molar-refractivity contribution in [2.24, 2.45) is 5.92 Å². The number of nitrogens with zero attached hydrogens (tertiary/aromatic N) is 1. The Hall–Kier alpha value is -2.90. The molecule has 1 aliphatic rings. The first-order valence-electron chi connectivity index (χ1n) is 11.8. The first kappa shape index (κ1) is 26.4. The number of methoxy groups -OCH3 is 1. The fourth-order valence-electron chi connectivity index (χ4n) is 4.14. The number of ether oxygens (including phenoxy) is 2. The third-order valence-corrected chi connectivity index (χ3v) is 5.89. The Morgan fingerprint density at radius 2 is 1.76 bits per heavy atom. The summed E-state index contributed by atoms with van der Waals surface area (Å²) in [6.07, 6.45) is 3.93. The van der Waals surface area contributed by atoms with Crippen LogP contribution >= 0.6 is 0 Å². The zero-order valence-corrected chi connectivity index (χ0v) is 19.9. The predicted octanol–water partition coefficient (Wildman–Crippen LogP) is 2.99. The maximum Gasteiger partial charge on any atom is 0.329 e. The van der Waals surface area contributed by atoms with Crippen LogP contribution in [0.2, 0.25) is 0 Å². The van der Waals surface area contributed by atoms with Crippen LogP contribution in [0.5, 0.6) is 0 Å². The lowest BCUT2D eigenvalue weighted by Gasteiger charge is -2.29. The maximum atomic E-state index is 13.4. The Morgan fingerprint density at radius 1 is 1.09 bits per heavy atom. The monoisotopic (exact) mass is 460 g/mol. The molecule has 0 radical (unpaired) electrons. The van der Waals surface area contributed by atoms with Gasteiger partial charge in [0, 0.05) is 12.5 Å². The lowest BCUT2D eigenvalue weighted by Crippen LogP contribution is -2.53. The summed E-state index contributed by atoms with van der Waals surface area (Å²) in [5.41, 5.74) is 0.857. The second-order valence-electron chi connectivity index (χ2n) is 8.40. The number of esters is 2. The van der Waals surface area contributed by atoms with Gasteiger partial charge < -0.3 is 19.7 Å². The Balaban J connectivity index is 2.09. The Morgan fingerprint density at radius 3 is 2.36 bits per heavy atom. The van der Waals surface area contributed by atoms with E-state index >= 15 is 0 Å². The average molecular weight is 461 g/mol. The number of likely N-dealkylation sites (tertiary alicyclic amines) is 1. The van der Waals surface area contributed by atoms with Gasteiger partial charge >= 0.3 is 11.9 Å². The summed E-state index contributed by atoms with van der Waals surface area (Å²) in [6, 6.07) is 7.50. The molecule has 8 nitrogen and oxygen atoms in total. The molecule has 1 aromatic carbocycles. The molecule has 1 unspecified atom stereocenters. The standard InChI is InChI=1S/C25H36N2O6/c1-4-10-19(11-5-2)23(29)26-20(16-22(28)32-3)24(30)27-15-9-14-21(27)25(31)33-17-18-12-7-6-8-13-18/h6-8,12-13,19-21H,4-5,9-11,14-17H2,1-3H3,(H,26,29)/t20-,21?/m0/s1. The third kappa shape index (κ3) is 7.87. The van der Waals surface area contributed by atoms with E-state index in [1.807, 2.05) is 44.2 Å². The van der Waals surface area contributed by atoms with Gasteiger partial charge in [-0.2, -0.15) is 0 Å². The second kappa shape index (κ2) is 13.6. The molecule has 2 amide bonds. The van der Waals surface area contributed by atoms with E-state index in [9.17, 15) is 19.2 Å². The van der Waals surface area contributed by atoms with Gasteiger partial charge in [-0.1, -0.05) is 57.0 Å². The van der Waals surface area contributed by atoms with Crippen LogP contribution in [0.15, 0.2) is 30.3 Å². The average Bonchev–Trinajstić information content (AvgIpc) is 3.32. The van der Waals surface area contributed by atoms with Gasteiger partial charge in [0.25, 0.3) is 0 Å². The predicted molar refractivity (Wildman–Crippen MR) is 123 cm³/mol. The van der Waals surface area contributed by atoms with Crippen molar-refractivity contribution in [1.82, 2.24) is 10.2 Å². The van der Waals surface area contributed by atoms with E-state index in [-0.39, 0.29) is 24.9 Å². The largest absolute Gasteiger partial charge is 0.469 e. The highest BCUT2D eigenvalue weighted by atomic mass is 16.5. The van der Waals surface area contributed by atoms with Crippen LogP contribution in [0.4, 0.5) is 0 Å². The molecule has 1 saturated heterocycles. The number of carbonyl (C=O) groups excluding carboxylic acids is 4. The normalized spacial score (nSPS) is 16.4. The number of benzene rings is 1. The molecule has 8 heteroatoms. The molecule has 33 heavy (non-hydrogen) atoms. The number of rotatable bonds is 12. The Bertz CT molecular complexity index is 791. The summed E-state index contributed by atoms with van der Waals surface area (Å²) in [6.45, 7) is 4.49. The Labute approximate surface area is 196 Å². The van der Waals surface area contributed by atoms with E-state index in [0.29, 0.717) is 32.2 Å². The molecule has 0 spiro atoms. The SMILES string of the molecule is CCCC(CCC)C(=O)N[C@@H](CC(=O)OC)C(=O)N1CCCC1C(=O)OCc1ccccc1. The first-order chi connectivity index (χ1) is 15.9. The van der Waals surface area contributed by atoms with Gasteiger partial charge in [0.05, 0.1) is 13.5 Å². The van der Waals surface area contributed by atoms with Gasteiger partial charge in [-0.3, -0.25) is 14.4 Å². The highest BCUT2D eigenvalue weighted by molar-refractivity contribution is 5.94. The molecule has 0 bridgehead atoms. The van der Waals surface area contributed by atoms with Crippen molar-refractivity contribution >= 4 is 23.8 Å². The maximum absolute atomic E-state index is 13.4. The number of hydrogen-bond donors (Lipinski definition) is 1. The van der Waals surface area contributed by atoms with Crippen molar-refractivity contribution in [3.63, 3.8) is 0 Å². The van der Waals surface area contributed by atoms with Crippen molar-refractivity contribution < 1.29 is 28.7 Å². The molecule has 2 rings (SSSR count). The second-order valence-corrected chi connectivity index (χ2v) is 8.40. The van der Waals surface area contributed by atoms with Crippen molar-refractivity contribution in [3.05, 3.63) is 35.9 Å². The highest BCUT2D eigenvalue weighted by Gasteiger charge is 2.39. The van der Waals surface area contributed by atoms with Crippen LogP contribution < -0.4 is 5.32 Å². The fourth-order valence-corrected chi connectivity index (χ4v) is 4.14. The minimum Gasteiger partial charge on any atom is -0.469 e. The summed E-state index contributed by atoms with van der Waals surface area (Å²) >= 11 is 0. The van der Waals surface area contributed by atoms with Gasteiger partial charge in [0.2, 0.25) is 11.8 Å². The summed E-state index contributed by atoms with van der Waals surface area (Å²) in [7, 11) is 1.24. The molecule has 1 aliphatic heterocycles. The van der Waals surface area contributed by atoms with Crippen molar-refractivity contribution in [3.8, 4) is 0 Å². The molecule has 1 N–H and O–H groups in total. The number of hydrogen-bond acceptors (Lipinski definition) is 6. The van der Waals surface area contributed by atoms with Gasteiger partial charge in [-0.05, 0) is 31.2 Å². The third-order valence-electron chi connectivity index (χ3n) is 5.89. The number of carbonyl (C=O) groups is 4. The van der Waals surface area contributed by atoms with Gasteiger partial charge in [0.15, 0.2) is 0 Å². The van der Waals surface area contributed by atoms with E-state index < -0.39 is 29.9 Å². The topological polar surface area (TPSA) is 102 Å². The number of amides is 2. The molecule has 1 fully saturated rings. The zero-order chi connectivity index (χ0) is 24.2. The van der Waals surface area contributed by atoms with Crippen LogP contribution in [0.1, 0.15) is 64.4 Å². The number of nitrogens with one attached hydrogen (secondary N) is 1. The smallest absolute Gasteiger partial charge is 0.329 e. The molecular formula is C25H36N2O6. The van der Waals surface area contributed by atoms with Crippen LogP contribution in [-0.2, 0) is 35.3 Å². The molecule has 2 atom stereocenters. The van der Waals surface area contributed by atoms with E-state index in [0.717, 1.165) is 18.4 Å².